The summed E-state index contributed by atoms with van der Waals surface area (Å²) in [5.41, 5.74) is 1.43. The molecule has 2 amide bonds. The first kappa shape index (κ1) is 17.8. The predicted molar refractivity (Wildman–Crippen MR) is 99.7 cm³/mol. The van der Waals surface area contributed by atoms with Crippen molar-refractivity contribution in [2.75, 3.05) is 30.5 Å². The zero-order valence-corrected chi connectivity index (χ0v) is 14.9. The van der Waals surface area contributed by atoms with Crippen molar-refractivity contribution in [2.45, 2.75) is 13.3 Å². The fraction of sp³-hybridized carbons (Fsp3) is 0.300. The highest BCUT2D eigenvalue weighted by atomic mass is 16.5. The highest BCUT2D eigenvalue weighted by molar-refractivity contribution is 6.03. The summed E-state index contributed by atoms with van der Waals surface area (Å²) in [7, 11) is 1.58. The number of carbonyl (C=O) groups excluding carboxylic acids is 2. The van der Waals surface area contributed by atoms with Crippen LogP contribution >= 0.6 is 0 Å². The molecular weight excluding hydrogens is 332 g/mol. The van der Waals surface area contributed by atoms with Gasteiger partial charge in [0.25, 0.3) is 0 Å². The number of rotatable bonds is 6. The van der Waals surface area contributed by atoms with Gasteiger partial charge in [-0.15, -0.1) is 0 Å². The lowest BCUT2D eigenvalue weighted by atomic mass is 10.1. The van der Waals surface area contributed by atoms with Crippen molar-refractivity contribution in [3.05, 3.63) is 48.5 Å². The first-order valence-corrected chi connectivity index (χ1v) is 8.59. The minimum atomic E-state index is -0.389. The monoisotopic (exact) mass is 354 g/mol. The van der Waals surface area contributed by atoms with E-state index >= 15 is 0 Å². The van der Waals surface area contributed by atoms with Crippen LogP contribution in [-0.2, 0) is 9.59 Å². The molecule has 0 aliphatic carbocycles. The van der Waals surface area contributed by atoms with Crippen molar-refractivity contribution < 1.29 is 19.1 Å². The SMILES string of the molecule is CCOc1ccc(NC(=O)[C@H]2CC(=O)N(c3cccc(OC)c3)C2)cc1. The first-order valence-electron chi connectivity index (χ1n) is 8.59. The Hall–Kier alpha value is -3.02. The Morgan fingerprint density at radius 2 is 1.96 bits per heavy atom. The number of nitrogens with one attached hydrogen (secondary N) is 1. The highest BCUT2D eigenvalue weighted by Crippen LogP contribution is 2.28. The van der Waals surface area contributed by atoms with Crippen LogP contribution in [0.3, 0.4) is 0 Å². The van der Waals surface area contributed by atoms with E-state index in [2.05, 4.69) is 5.32 Å². The number of amides is 2. The molecule has 1 saturated heterocycles. The lowest BCUT2D eigenvalue weighted by Crippen LogP contribution is -2.28. The van der Waals surface area contributed by atoms with E-state index in [-0.39, 0.29) is 24.2 Å². The molecule has 0 radical (unpaired) electrons. The number of ether oxygens (including phenoxy) is 2. The van der Waals surface area contributed by atoms with Crippen LogP contribution in [0.1, 0.15) is 13.3 Å². The molecule has 6 nitrogen and oxygen atoms in total. The molecule has 2 aromatic carbocycles. The van der Waals surface area contributed by atoms with Gasteiger partial charge < -0.3 is 19.7 Å². The standard InChI is InChI=1S/C20H22N2O4/c1-3-26-17-9-7-15(8-10-17)21-20(24)14-11-19(23)22(13-14)16-5-4-6-18(12-16)25-2/h4-10,12,14H,3,11,13H2,1-2H3,(H,21,24)/t14-/m0/s1. The van der Waals surface area contributed by atoms with Crippen molar-refractivity contribution in [3.8, 4) is 11.5 Å². The molecule has 0 bridgehead atoms. The Labute approximate surface area is 152 Å². The zero-order valence-electron chi connectivity index (χ0n) is 14.9. The summed E-state index contributed by atoms with van der Waals surface area (Å²) >= 11 is 0. The molecule has 0 aromatic heterocycles. The Balaban J connectivity index is 1.64. The van der Waals surface area contributed by atoms with Gasteiger partial charge in [-0.3, -0.25) is 9.59 Å². The fourth-order valence-electron chi connectivity index (χ4n) is 2.96. The third-order valence-electron chi connectivity index (χ3n) is 4.29. The highest BCUT2D eigenvalue weighted by Gasteiger charge is 2.35. The quantitative estimate of drug-likeness (QED) is 0.866. The van der Waals surface area contributed by atoms with Gasteiger partial charge in [0.15, 0.2) is 0 Å². The zero-order chi connectivity index (χ0) is 18.5. The third-order valence-corrected chi connectivity index (χ3v) is 4.29. The number of hydrogen-bond donors (Lipinski definition) is 1. The molecule has 1 N–H and O–H groups in total. The van der Waals surface area contributed by atoms with Crippen LogP contribution in [0.25, 0.3) is 0 Å². The second-order valence-corrected chi connectivity index (χ2v) is 6.05. The summed E-state index contributed by atoms with van der Waals surface area (Å²) in [5, 5.41) is 2.87. The predicted octanol–water partition coefficient (Wildman–Crippen LogP) is 3.09. The van der Waals surface area contributed by atoms with Crippen molar-refractivity contribution in [3.63, 3.8) is 0 Å². The van der Waals surface area contributed by atoms with Gasteiger partial charge in [0.05, 0.1) is 19.6 Å². The van der Waals surface area contributed by atoms with Crippen LogP contribution in [-0.4, -0.2) is 32.1 Å². The smallest absolute Gasteiger partial charge is 0.229 e. The van der Waals surface area contributed by atoms with Gasteiger partial charge in [0, 0.05) is 30.4 Å². The van der Waals surface area contributed by atoms with Gasteiger partial charge in [-0.25, -0.2) is 0 Å². The average molecular weight is 354 g/mol. The summed E-state index contributed by atoms with van der Waals surface area (Å²) in [6.07, 6.45) is 0.195. The van der Waals surface area contributed by atoms with Crippen molar-refractivity contribution >= 4 is 23.2 Å². The first-order chi connectivity index (χ1) is 12.6. The molecule has 0 unspecified atom stereocenters. The molecule has 0 saturated carbocycles. The number of hydrogen-bond acceptors (Lipinski definition) is 4. The van der Waals surface area contributed by atoms with Crippen LogP contribution < -0.4 is 19.7 Å². The van der Waals surface area contributed by atoms with E-state index in [0.717, 1.165) is 11.4 Å². The minimum absolute atomic E-state index is 0.0647. The van der Waals surface area contributed by atoms with Crippen molar-refractivity contribution in [1.29, 1.82) is 0 Å². The lowest BCUT2D eigenvalue weighted by molar-refractivity contribution is -0.122. The van der Waals surface area contributed by atoms with Gasteiger partial charge >= 0.3 is 0 Å². The van der Waals surface area contributed by atoms with Gasteiger partial charge in [-0.1, -0.05) is 6.07 Å². The molecule has 136 valence electrons. The molecule has 0 spiro atoms. The van der Waals surface area contributed by atoms with E-state index in [1.54, 1.807) is 30.2 Å². The minimum Gasteiger partial charge on any atom is -0.497 e. The van der Waals surface area contributed by atoms with E-state index in [1.165, 1.54) is 0 Å². The van der Waals surface area contributed by atoms with Crippen LogP contribution in [0.2, 0.25) is 0 Å². The molecule has 6 heteroatoms. The number of anilines is 2. The van der Waals surface area contributed by atoms with Crippen LogP contribution in [0.5, 0.6) is 11.5 Å². The summed E-state index contributed by atoms with van der Waals surface area (Å²) in [6, 6.07) is 14.5. The second kappa shape index (κ2) is 7.91. The fourth-order valence-corrected chi connectivity index (χ4v) is 2.96. The lowest BCUT2D eigenvalue weighted by Gasteiger charge is -2.17. The number of carbonyl (C=O) groups is 2. The van der Waals surface area contributed by atoms with E-state index in [4.69, 9.17) is 9.47 Å². The molecule has 1 aliphatic rings. The molecule has 3 rings (SSSR count). The number of methoxy groups -OCH3 is 1. The van der Waals surface area contributed by atoms with Gasteiger partial charge in [0.2, 0.25) is 11.8 Å². The maximum Gasteiger partial charge on any atom is 0.229 e. The average Bonchev–Trinajstić information content (AvgIpc) is 3.05. The van der Waals surface area contributed by atoms with Crippen LogP contribution in [0, 0.1) is 5.92 Å². The maximum atomic E-state index is 12.5. The van der Waals surface area contributed by atoms with E-state index in [9.17, 15) is 9.59 Å². The topological polar surface area (TPSA) is 67.9 Å². The van der Waals surface area contributed by atoms with Crippen molar-refractivity contribution in [1.82, 2.24) is 0 Å². The van der Waals surface area contributed by atoms with Crippen LogP contribution in [0.15, 0.2) is 48.5 Å². The normalized spacial score (nSPS) is 16.5. The largest absolute Gasteiger partial charge is 0.497 e. The molecular formula is C20H22N2O4. The molecule has 2 aromatic rings. The Bertz CT molecular complexity index is 789. The van der Waals surface area contributed by atoms with Crippen LogP contribution in [0.4, 0.5) is 11.4 Å². The summed E-state index contributed by atoms with van der Waals surface area (Å²) in [6.45, 7) is 2.87. The van der Waals surface area contributed by atoms with Gasteiger partial charge in [0.1, 0.15) is 11.5 Å². The maximum absolute atomic E-state index is 12.5. The van der Waals surface area contributed by atoms with Gasteiger partial charge in [-0.2, -0.15) is 0 Å². The van der Waals surface area contributed by atoms with E-state index in [0.29, 0.717) is 24.6 Å². The molecule has 26 heavy (non-hydrogen) atoms. The van der Waals surface area contributed by atoms with E-state index < -0.39 is 0 Å². The summed E-state index contributed by atoms with van der Waals surface area (Å²) in [4.78, 5) is 26.5. The number of benzene rings is 2. The Morgan fingerprint density at radius 3 is 2.65 bits per heavy atom. The second-order valence-electron chi connectivity index (χ2n) is 6.05. The third kappa shape index (κ3) is 3.96. The Morgan fingerprint density at radius 1 is 1.19 bits per heavy atom. The molecule has 1 fully saturated rings. The Kier molecular flexibility index (Phi) is 5.41. The van der Waals surface area contributed by atoms with Gasteiger partial charge in [-0.05, 0) is 43.3 Å². The summed E-state index contributed by atoms with van der Waals surface area (Å²) < 4.78 is 10.6. The molecule has 1 atom stereocenters. The summed E-state index contributed by atoms with van der Waals surface area (Å²) in [5.74, 6) is 0.821. The molecule has 1 heterocycles. The van der Waals surface area contributed by atoms with Crippen molar-refractivity contribution in [2.24, 2.45) is 5.92 Å². The molecule has 1 aliphatic heterocycles. The number of nitrogens with zero attached hydrogens (tertiary/aromatic N) is 1. The van der Waals surface area contributed by atoms with E-state index in [1.807, 2.05) is 37.3 Å².